The number of fused-ring (bicyclic) bond motifs is 1. The molecule has 1 aromatic carbocycles. The van der Waals surface area contributed by atoms with Gasteiger partial charge in [0, 0.05) is 12.6 Å². The van der Waals surface area contributed by atoms with Crippen molar-refractivity contribution in [3.63, 3.8) is 0 Å². The van der Waals surface area contributed by atoms with E-state index in [1.807, 2.05) is 31.3 Å². The van der Waals surface area contributed by atoms with E-state index >= 15 is 0 Å². The van der Waals surface area contributed by atoms with Crippen LogP contribution in [0.5, 0.6) is 0 Å². The summed E-state index contributed by atoms with van der Waals surface area (Å²) in [6.45, 7) is 0.652. The lowest BCUT2D eigenvalue weighted by Crippen LogP contribution is -2.31. The van der Waals surface area contributed by atoms with Crippen molar-refractivity contribution < 1.29 is 0 Å². The molecule has 0 bridgehead atoms. The Morgan fingerprint density at radius 2 is 2.20 bits per heavy atom. The molecule has 0 amide bonds. The molecular formula is C15H20N4O. The first-order chi connectivity index (χ1) is 9.79. The molecule has 1 heterocycles. The monoisotopic (exact) mass is 272 g/mol. The second-order valence-corrected chi connectivity index (χ2v) is 5.51. The predicted molar refractivity (Wildman–Crippen MR) is 78.6 cm³/mol. The lowest BCUT2D eigenvalue weighted by atomic mass is 10.00. The van der Waals surface area contributed by atoms with Crippen LogP contribution in [0.3, 0.4) is 0 Å². The minimum atomic E-state index is -0.0328. The highest BCUT2D eigenvalue weighted by Gasteiger charge is 2.25. The maximum atomic E-state index is 12.3. The van der Waals surface area contributed by atoms with Gasteiger partial charge in [-0.25, -0.2) is 4.68 Å². The van der Waals surface area contributed by atoms with Crippen molar-refractivity contribution in [1.29, 1.82) is 0 Å². The van der Waals surface area contributed by atoms with Gasteiger partial charge in [-0.3, -0.25) is 4.79 Å². The quantitative estimate of drug-likeness (QED) is 0.918. The average Bonchev–Trinajstić information content (AvgIpc) is 2.94. The Labute approximate surface area is 118 Å². The average molecular weight is 272 g/mol. The van der Waals surface area contributed by atoms with Crippen molar-refractivity contribution in [3.05, 3.63) is 34.6 Å². The summed E-state index contributed by atoms with van der Waals surface area (Å²) in [4.78, 5) is 12.3. The van der Waals surface area contributed by atoms with Crippen molar-refractivity contribution in [3.8, 4) is 0 Å². The zero-order valence-corrected chi connectivity index (χ0v) is 11.7. The molecule has 2 unspecified atom stereocenters. The predicted octanol–water partition coefficient (Wildman–Crippen LogP) is 1.57. The maximum Gasteiger partial charge on any atom is 0.277 e. The van der Waals surface area contributed by atoms with Gasteiger partial charge in [0.1, 0.15) is 5.52 Å². The first-order valence-corrected chi connectivity index (χ1v) is 7.29. The van der Waals surface area contributed by atoms with E-state index in [4.69, 9.17) is 0 Å². The fourth-order valence-corrected chi connectivity index (χ4v) is 3.22. The highest BCUT2D eigenvalue weighted by atomic mass is 16.1. The number of hydrogen-bond donors (Lipinski definition) is 1. The van der Waals surface area contributed by atoms with E-state index in [1.165, 1.54) is 23.9 Å². The molecule has 1 aliphatic carbocycles. The van der Waals surface area contributed by atoms with Crippen LogP contribution < -0.4 is 10.9 Å². The van der Waals surface area contributed by atoms with Crippen LogP contribution in [0.1, 0.15) is 25.7 Å². The zero-order chi connectivity index (χ0) is 13.9. The summed E-state index contributed by atoms with van der Waals surface area (Å²) in [5.74, 6) is 0.639. The Kier molecular flexibility index (Phi) is 3.78. The number of nitrogens with one attached hydrogen (secondary N) is 1. The van der Waals surface area contributed by atoms with Gasteiger partial charge in [-0.05, 0) is 44.4 Å². The summed E-state index contributed by atoms with van der Waals surface area (Å²) in [5.41, 5.74) is 0.636. The maximum absolute atomic E-state index is 12.3. The number of rotatable bonds is 4. The summed E-state index contributed by atoms with van der Waals surface area (Å²) < 4.78 is 1.51. The Morgan fingerprint density at radius 3 is 3.05 bits per heavy atom. The van der Waals surface area contributed by atoms with Gasteiger partial charge in [0.25, 0.3) is 5.56 Å². The third-order valence-electron chi connectivity index (χ3n) is 4.37. The molecule has 1 aromatic heterocycles. The number of benzene rings is 1. The number of aromatic nitrogens is 3. The van der Waals surface area contributed by atoms with Crippen LogP contribution in [0.2, 0.25) is 0 Å². The molecule has 1 fully saturated rings. The van der Waals surface area contributed by atoms with Crippen molar-refractivity contribution in [1.82, 2.24) is 20.3 Å². The zero-order valence-electron chi connectivity index (χ0n) is 11.7. The molecule has 3 rings (SSSR count). The van der Waals surface area contributed by atoms with Crippen LogP contribution in [-0.2, 0) is 6.54 Å². The van der Waals surface area contributed by atoms with Crippen LogP contribution in [0.25, 0.3) is 10.9 Å². The Hall–Kier alpha value is -1.75. The topological polar surface area (TPSA) is 59.8 Å². The molecule has 1 aliphatic rings. The van der Waals surface area contributed by atoms with Crippen LogP contribution >= 0.6 is 0 Å². The van der Waals surface area contributed by atoms with Gasteiger partial charge in [-0.1, -0.05) is 23.8 Å². The normalized spacial score (nSPS) is 22.4. The van der Waals surface area contributed by atoms with Crippen LogP contribution in [0.4, 0.5) is 0 Å². The number of nitrogens with zero attached hydrogens (tertiary/aromatic N) is 3. The third kappa shape index (κ3) is 2.45. The molecule has 0 spiro atoms. The van der Waals surface area contributed by atoms with Crippen molar-refractivity contribution in [2.24, 2.45) is 5.92 Å². The number of hydrogen-bond acceptors (Lipinski definition) is 4. The first kappa shape index (κ1) is 13.2. The van der Waals surface area contributed by atoms with Crippen LogP contribution in [0, 0.1) is 5.92 Å². The van der Waals surface area contributed by atoms with E-state index in [2.05, 4.69) is 15.6 Å². The number of aryl methyl sites for hydroxylation is 1. The molecule has 5 heteroatoms. The summed E-state index contributed by atoms with van der Waals surface area (Å²) in [6.07, 6.45) is 4.73. The van der Waals surface area contributed by atoms with Gasteiger partial charge in [0.15, 0.2) is 0 Å². The Balaban J connectivity index is 1.78. The van der Waals surface area contributed by atoms with E-state index in [-0.39, 0.29) is 5.56 Å². The standard InChI is InChI=1S/C15H20N4O/c1-16-13-8-4-5-11(13)9-10-19-15(20)12-6-2-3-7-14(12)17-18-19/h2-3,6-7,11,13,16H,4-5,8-10H2,1H3. The van der Waals surface area contributed by atoms with Crippen molar-refractivity contribution >= 4 is 10.9 Å². The minimum Gasteiger partial charge on any atom is -0.317 e. The van der Waals surface area contributed by atoms with E-state index in [1.54, 1.807) is 0 Å². The summed E-state index contributed by atoms with van der Waals surface area (Å²) >= 11 is 0. The Morgan fingerprint density at radius 1 is 1.35 bits per heavy atom. The molecule has 20 heavy (non-hydrogen) atoms. The second-order valence-electron chi connectivity index (χ2n) is 5.51. The van der Waals surface area contributed by atoms with E-state index in [0.29, 0.717) is 29.4 Å². The molecule has 0 radical (unpaired) electrons. The lowest BCUT2D eigenvalue weighted by molar-refractivity contribution is 0.361. The highest BCUT2D eigenvalue weighted by molar-refractivity contribution is 5.76. The van der Waals surface area contributed by atoms with Gasteiger partial charge in [0.2, 0.25) is 0 Å². The van der Waals surface area contributed by atoms with Gasteiger partial charge in [-0.2, -0.15) is 0 Å². The van der Waals surface area contributed by atoms with E-state index in [0.717, 1.165) is 6.42 Å². The van der Waals surface area contributed by atoms with Gasteiger partial charge in [0.05, 0.1) is 5.39 Å². The molecule has 0 aliphatic heterocycles. The highest BCUT2D eigenvalue weighted by Crippen LogP contribution is 2.28. The molecule has 0 saturated heterocycles. The molecule has 5 nitrogen and oxygen atoms in total. The smallest absolute Gasteiger partial charge is 0.277 e. The molecular weight excluding hydrogens is 252 g/mol. The lowest BCUT2D eigenvalue weighted by Gasteiger charge is -2.18. The van der Waals surface area contributed by atoms with Gasteiger partial charge in [-0.15, -0.1) is 5.10 Å². The van der Waals surface area contributed by atoms with Crippen molar-refractivity contribution in [2.45, 2.75) is 38.3 Å². The summed E-state index contributed by atoms with van der Waals surface area (Å²) in [5, 5.41) is 12.2. The van der Waals surface area contributed by atoms with Gasteiger partial charge < -0.3 is 5.32 Å². The minimum absolute atomic E-state index is 0.0328. The van der Waals surface area contributed by atoms with Crippen molar-refractivity contribution in [2.75, 3.05) is 7.05 Å². The molecule has 1 N–H and O–H groups in total. The van der Waals surface area contributed by atoms with E-state index < -0.39 is 0 Å². The fraction of sp³-hybridized carbons (Fsp3) is 0.533. The van der Waals surface area contributed by atoms with Gasteiger partial charge >= 0.3 is 0 Å². The molecule has 106 valence electrons. The Bertz CT molecular complexity index is 652. The summed E-state index contributed by atoms with van der Waals surface area (Å²) in [6, 6.07) is 7.96. The molecule has 2 atom stereocenters. The third-order valence-corrected chi connectivity index (χ3v) is 4.37. The van der Waals surface area contributed by atoms with E-state index in [9.17, 15) is 4.79 Å². The first-order valence-electron chi connectivity index (χ1n) is 7.29. The molecule has 1 saturated carbocycles. The molecule has 2 aromatic rings. The largest absolute Gasteiger partial charge is 0.317 e. The SMILES string of the molecule is CNC1CCCC1CCn1nnc2ccccc2c1=O. The summed E-state index contributed by atoms with van der Waals surface area (Å²) in [7, 11) is 2.02. The fourth-order valence-electron chi connectivity index (χ4n) is 3.22. The van der Waals surface area contributed by atoms with Crippen LogP contribution in [-0.4, -0.2) is 28.1 Å². The second kappa shape index (κ2) is 5.71. The van der Waals surface area contributed by atoms with Crippen LogP contribution in [0.15, 0.2) is 29.1 Å².